The average Bonchev–Trinajstić information content (AvgIpc) is 2.28. The second-order valence-corrected chi connectivity index (χ2v) is 4.87. The predicted molar refractivity (Wildman–Crippen MR) is 68.7 cm³/mol. The van der Waals surface area contributed by atoms with Gasteiger partial charge in [0.2, 0.25) is 0 Å². The number of hydrogen-bond donors (Lipinski definition) is 1. The predicted octanol–water partition coefficient (Wildman–Crippen LogP) is 3.17. The van der Waals surface area contributed by atoms with Gasteiger partial charge in [0, 0.05) is 0 Å². The zero-order valence-electron chi connectivity index (χ0n) is 10.9. The normalized spacial score (nSPS) is 13.3. The summed E-state index contributed by atoms with van der Waals surface area (Å²) in [5, 5.41) is 0. The van der Waals surface area contributed by atoms with Gasteiger partial charge in [0.1, 0.15) is 6.61 Å². The Labute approximate surface area is 107 Å². The van der Waals surface area contributed by atoms with Gasteiger partial charge in [-0.15, -0.1) is 0 Å². The van der Waals surface area contributed by atoms with Crippen LogP contribution in [0, 0.1) is 5.92 Å². The topological polar surface area (TPSA) is 35.2 Å². The third-order valence-electron chi connectivity index (χ3n) is 2.59. The molecule has 1 atom stereocenters. The van der Waals surface area contributed by atoms with Gasteiger partial charge in [-0.1, -0.05) is 38.1 Å². The maximum atomic E-state index is 11.9. The Morgan fingerprint density at radius 1 is 1.11 bits per heavy atom. The molecule has 102 valence electrons. The molecule has 1 rings (SSSR count). The molecule has 0 amide bonds. The van der Waals surface area contributed by atoms with Crippen molar-refractivity contribution in [1.29, 1.82) is 0 Å². The van der Waals surface area contributed by atoms with E-state index in [1.807, 2.05) is 24.3 Å². The van der Waals surface area contributed by atoms with E-state index >= 15 is 0 Å². The number of rotatable bonds is 7. The summed E-state index contributed by atoms with van der Waals surface area (Å²) in [5.41, 5.74) is 8.04. The van der Waals surface area contributed by atoms with Crippen LogP contribution in [0.2, 0.25) is 0 Å². The Bertz CT molecular complexity index is 338. The van der Waals surface area contributed by atoms with Crippen LogP contribution in [-0.2, 0) is 11.2 Å². The minimum atomic E-state index is -2.44. The van der Waals surface area contributed by atoms with Crippen molar-refractivity contribution >= 4 is 0 Å². The fraction of sp³-hybridized carbons (Fsp3) is 0.571. The van der Waals surface area contributed by atoms with Crippen molar-refractivity contribution < 1.29 is 13.5 Å². The molecule has 0 aliphatic heterocycles. The largest absolute Gasteiger partial charge is 0.374 e. The van der Waals surface area contributed by atoms with Gasteiger partial charge in [-0.25, -0.2) is 8.78 Å². The first-order valence-corrected chi connectivity index (χ1v) is 6.19. The fourth-order valence-electron chi connectivity index (χ4n) is 1.75. The SMILES string of the molecule is CC(C)Cc1ccc(C(N)COCC(F)F)cc1. The summed E-state index contributed by atoms with van der Waals surface area (Å²) in [4.78, 5) is 0. The number of hydrogen-bond acceptors (Lipinski definition) is 2. The van der Waals surface area contributed by atoms with Crippen LogP contribution in [0.4, 0.5) is 8.78 Å². The molecule has 0 aliphatic carbocycles. The van der Waals surface area contributed by atoms with E-state index in [4.69, 9.17) is 10.5 Å². The molecular formula is C14H21F2NO. The summed E-state index contributed by atoms with van der Waals surface area (Å²) in [7, 11) is 0. The molecule has 0 bridgehead atoms. The van der Waals surface area contributed by atoms with Crippen LogP contribution in [-0.4, -0.2) is 19.6 Å². The number of nitrogens with two attached hydrogens (primary N) is 1. The summed E-state index contributed by atoms with van der Waals surface area (Å²) >= 11 is 0. The minimum Gasteiger partial charge on any atom is -0.374 e. The van der Waals surface area contributed by atoms with Gasteiger partial charge in [0.25, 0.3) is 6.43 Å². The van der Waals surface area contributed by atoms with E-state index in [0.717, 1.165) is 12.0 Å². The van der Waals surface area contributed by atoms with Gasteiger partial charge in [-0.2, -0.15) is 0 Å². The zero-order chi connectivity index (χ0) is 13.5. The van der Waals surface area contributed by atoms with Crippen LogP contribution >= 0.6 is 0 Å². The van der Waals surface area contributed by atoms with E-state index in [1.54, 1.807) is 0 Å². The van der Waals surface area contributed by atoms with Crippen LogP contribution in [0.1, 0.15) is 31.0 Å². The molecule has 2 N–H and O–H groups in total. The number of benzene rings is 1. The van der Waals surface area contributed by atoms with Crippen molar-refractivity contribution in [2.45, 2.75) is 32.7 Å². The molecule has 1 unspecified atom stereocenters. The van der Waals surface area contributed by atoms with E-state index in [9.17, 15) is 8.78 Å². The summed E-state index contributed by atoms with van der Waals surface area (Å²) in [6, 6.07) is 7.59. The standard InChI is InChI=1S/C14H21F2NO/c1-10(2)7-11-3-5-12(6-4-11)13(17)8-18-9-14(15)16/h3-6,10,13-14H,7-9,17H2,1-2H3. The van der Waals surface area contributed by atoms with Crippen LogP contribution in [0.25, 0.3) is 0 Å². The third kappa shape index (κ3) is 5.56. The van der Waals surface area contributed by atoms with E-state index < -0.39 is 13.0 Å². The molecule has 0 heterocycles. The fourth-order valence-corrected chi connectivity index (χ4v) is 1.75. The van der Waals surface area contributed by atoms with Crippen molar-refractivity contribution in [3.63, 3.8) is 0 Å². The molecular weight excluding hydrogens is 236 g/mol. The van der Waals surface area contributed by atoms with Crippen LogP contribution < -0.4 is 5.73 Å². The molecule has 0 aromatic heterocycles. The average molecular weight is 257 g/mol. The van der Waals surface area contributed by atoms with Gasteiger partial charge in [-0.05, 0) is 23.5 Å². The Balaban J connectivity index is 2.46. The molecule has 0 fully saturated rings. The first-order chi connectivity index (χ1) is 8.49. The first-order valence-electron chi connectivity index (χ1n) is 6.19. The van der Waals surface area contributed by atoms with Gasteiger partial charge in [-0.3, -0.25) is 0 Å². The Kier molecular flexibility index (Phi) is 6.22. The van der Waals surface area contributed by atoms with Gasteiger partial charge < -0.3 is 10.5 Å². The molecule has 18 heavy (non-hydrogen) atoms. The second-order valence-electron chi connectivity index (χ2n) is 4.87. The Morgan fingerprint density at radius 3 is 2.22 bits per heavy atom. The molecule has 1 aromatic carbocycles. The van der Waals surface area contributed by atoms with Gasteiger partial charge in [0.05, 0.1) is 12.6 Å². The van der Waals surface area contributed by atoms with E-state index in [2.05, 4.69) is 13.8 Å². The highest BCUT2D eigenvalue weighted by Gasteiger charge is 2.09. The van der Waals surface area contributed by atoms with E-state index in [-0.39, 0.29) is 12.6 Å². The smallest absolute Gasteiger partial charge is 0.261 e. The molecule has 0 radical (unpaired) electrons. The summed E-state index contributed by atoms with van der Waals surface area (Å²) < 4.78 is 28.6. The maximum Gasteiger partial charge on any atom is 0.261 e. The monoisotopic (exact) mass is 257 g/mol. The van der Waals surface area contributed by atoms with Crippen LogP contribution in [0.15, 0.2) is 24.3 Å². The van der Waals surface area contributed by atoms with Crippen molar-refractivity contribution in [1.82, 2.24) is 0 Å². The highest BCUT2D eigenvalue weighted by atomic mass is 19.3. The lowest BCUT2D eigenvalue weighted by molar-refractivity contribution is 0.0125. The molecule has 0 saturated carbocycles. The second kappa shape index (κ2) is 7.44. The van der Waals surface area contributed by atoms with Gasteiger partial charge in [0.15, 0.2) is 0 Å². The quantitative estimate of drug-likeness (QED) is 0.814. The van der Waals surface area contributed by atoms with Gasteiger partial charge >= 0.3 is 0 Å². The van der Waals surface area contributed by atoms with Crippen molar-refractivity contribution in [3.8, 4) is 0 Å². The first kappa shape index (κ1) is 15.1. The van der Waals surface area contributed by atoms with Crippen LogP contribution in [0.3, 0.4) is 0 Å². The zero-order valence-corrected chi connectivity index (χ0v) is 10.9. The van der Waals surface area contributed by atoms with Crippen LogP contribution in [0.5, 0.6) is 0 Å². The van der Waals surface area contributed by atoms with Crippen molar-refractivity contribution in [3.05, 3.63) is 35.4 Å². The lowest BCUT2D eigenvalue weighted by Crippen LogP contribution is -2.19. The lowest BCUT2D eigenvalue weighted by Gasteiger charge is -2.13. The molecule has 0 spiro atoms. The summed E-state index contributed by atoms with van der Waals surface area (Å²) in [6.07, 6.45) is -1.41. The van der Waals surface area contributed by atoms with Crippen molar-refractivity contribution in [2.75, 3.05) is 13.2 Å². The van der Waals surface area contributed by atoms with Crippen molar-refractivity contribution in [2.24, 2.45) is 11.7 Å². The maximum absolute atomic E-state index is 11.9. The summed E-state index contributed by atoms with van der Waals surface area (Å²) in [5.74, 6) is 0.610. The number of ether oxygens (including phenoxy) is 1. The lowest BCUT2D eigenvalue weighted by atomic mass is 10.00. The summed E-state index contributed by atoms with van der Waals surface area (Å²) in [6.45, 7) is 3.89. The highest BCUT2D eigenvalue weighted by molar-refractivity contribution is 5.25. The molecule has 2 nitrogen and oxygen atoms in total. The van der Waals surface area contributed by atoms with E-state index in [0.29, 0.717) is 5.92 Å². The molecule has 0 aliphatic rings. The number of halogens is 2. The Morgan fingerprint density at radius 2 is 1.72 bits per heavy atom. The molecule has 4 heteroatoms. The highest BCUT2D eigenvalue weighted by Crippen LogP contribution is 2.14. The third-order valence-corrected chi connectivity index (χ3v) is 2.59. The number of alkyl halides is 2. The Hall–Kier alpha value is -1.00. The van der Waals surface area contributed by atoms with E-state index in [1.165, 1.54) is 5.56 Å². The molecule has 0 saturated heterocycles. The minimum absolute atomic E-state index is 0.119. The molecule has 1 aromatic rings.